The molecule has 0 radical (unpaired) electrons. The van der Waals surface area contributed by atoms with E-state index in [1.165, 1.54) is 0 Å². The highest BCUT2D eigenvalue weighted by atomic mass is 16.4. The van der Waals surface area contributed by atoms with Gasteiger partial charge in [0.1, 0.15) is 0 Å². The van der Waals surface area contributed by atoms with Crippen LogP contribution in [0.5, 0.6) is 0 Å². The number of aliphatic carboxylic acids is 1. The first-order chi connectivity index (χ1) is 12.2. The zero-order valence-electron chi connectivity index (χ0n) is 16.0. The number of amides is 1. The van der Waals surface area contributed by atoms with Gasteiger partial charge in [0.25, 0.3) is 0 Å². The standard InChI is InChI=1S/C20H27N3O3/c1-12-6-8-16(9-7-12)10-17(20(25)26)11-21-19(24)13(2)18-14(3)22-23(5)15(18)4/h6-9,13,17H,10-11H2,1-5H3,(H,21,24)(H,25,26). The third-order valence-corrected chi connectivity index (χ3v) is 4.87. The Labute approximate surface area is 154 Å². The Kier molecular flexibility index (Phi) is 6.18. The Hall–Kier alpha value is -2.63. The molecule has 1 heterocycles. The third kappa shape index (κ3) is 4.50. The monoisotopic (exact) mass is 357 g/mol. The van der Waals surface area contributed by atoms with Crippen molar-refractivity contribution in [2.45, 2.75) is 40.0 Å². The van der Waals surface area contributed by atoms with E-state index in [0.29, 0.717) is 6.42 Å². The number of aromatic nitrogens is 2. The van der Waals surface area contributed by atoms with Crippen LogP contribution in [0.4, 0.5) is 0 Å². The van der Waals surface area contributed by atoms with Gasteiger partial charge in [0.05, 0.1) is 17.5 Å². The summed E-state index contributed by atoms with van der Waals surface area (Å²) in [4.78, 5) is 24.1. The van der Waals surface area contributed by atoms with E-state index >= 15 is 0 Å². The van der Waals surface area contributed by atoms with Crippen LogP contribution in [0.25, 0.3) is 0 Å². The van der Waals surface area contributed by atoms with Crippen molar-refractivity contribution in [3.63, 3.8) is 0 Å². The first-order valence-electron chi connectivity index (χ1n) is 8.76. The largest absolute Gasteiger partial charge is 0.481 e. The van der Waals surface area contributed by atoms with Crippen LogP contribution >= 0.6 is 0 Å². The van der Waals surface area contributed by atoms with Crippen LogP contribution in [0.15, 0.2) is 24.3 Å². The fourth-order valence-electron chi connectivity index (χ4n) is 3.18. The van der Waals surface area contributed by atoms with Crippen LogP contribution in [0.3, 0.4) is 0 Å². The van der Waals surface area contributed by atoms with Crippen LogP contribution in [0.1, 0.15) is 40.9 Å². The molecule has 0 aliphatic rings. The second kappa shape index (κ2) is 8.17. The number of hydrogen-bond acceptors (Lipinski definition) is 3. The molecular weight excluding hydrogens is 330 g/mol. The van der Waals surface area contributed by atoms with Gasteiger partial charge in [0.15, 0.2) is 0 Å². The Balaban J connectivity index is 2.02. The average molecular weight is 357 g/mol. The molecular formula is C20H27N3O3. The number of carbonyl (C=O) groups is 2. The molecule has 2 atom stereocenters. The third-order valence-electron chi connectivity index (χ3n) is 4.87. The van der Waals surface area contributed by atoms with Crippen molar-refractivity contribution in [1.82, 2.24) is 15.1 Å². The highest BCUT2D eigenvalue weighted by Gasteiger charge is 2.25. The molecule has 1 amide bonds. The lowest BCUT2D eigenvalue weighted by Gasteiger charge is -2.17. The van der Waals surface area contributed by atoms with Crippen LogP contribution in [-0.4, -0.2) is 33.3 Å². The van der Waals surface area contributed by atoms with Gasteiger partial charge < -0.3 is 10.4 Å². The Bertz CT molecular complexity index is 793. The molecule has 26 heavy (non-hydrogen) atoms. The molecule has 2 rings (SSSR count). The molecule has 2 N–H and O–H groups in total. The van der Waals surface area contributed by atoms with E-state index in [1.807, 2.05) is 59.0 Å². The van der Waals surface area contributed by atoms with E-state index in [1.54, 1.807) is 4.68 Å². The highest BCUT2D eigenvalue weighted by Crippen LogP contribution is 2.23. The second-order valence-electron chi connectivity index (χ2n) is 6.90. The predicted octanol–water partition coefficient (Wildman–Crippen LogP) is 2.51. The maximum Gasteiger partial charge on any atom is 0.308 e. The summed E-state index contributed by atoms with van der Waals surface area (Å²) in [5, 5.41) is 16.6. The van der Waals surface area contributed by atoms with E-state index in [0.717, 1.165) is 28.1 Å². The summed E-state index contributed by atoms with van der Waals surface area (Å²) < 4.78 is 1.76. The van der Waals surface area contributed by atoms with Crippen LogP contribution in [0.2, 0.25) is 0 Å². The van der Waals surface area contributed by atoms with Gasteiger partial charge in [-0.25, -0.2) is 0 Å². The van der Waals surface area contributed by atoms with Gasteiger partial charge in [-0.1, -0.05) is 29.8 Å². The van der Waals surface area contributed by atoms with E-state index < -0.39 is 11.9 Å². The molecule has 1 aromatic heterocycles. The summed E-state index contributed by atoms with van der Waals surface area (Å²) in [6.45, 7) is 7.72. The van der Waals surface area contributed by atoms with E-state index in [-0.39, 0.29) is 18.4 Å². The zero-order valence-corrected chi connectivity index (χ0v) is 16.0. The maximum absolute atomic E-state index is 12.5. The number of carboxylic acid groups (broad SMARTS) is 1. The summed E-state index contributed by atoms with van der Waals surface area (Å²) in [7, 11) is 1.85. The quantitative estimate of drug-likeness (QED) is 0.797. The van der Waals surface area contributed by atoms with Gasteiger partial charge in [-0.2, -0.15) is 5.10 Å². The minimum Gasteiger partial charge on any atom is -0.481 e. The minimum absolute atomic E-state index is 0.102. The molecule has 0 saturated carbocycles. The van der Waals surface area contributed by atoms with Crippen molar-refractivity contribution >= 4 is 11.9 Å². The molecule has 140 valence electrons. The summed E-state index contributed by atoms with van der Waals surface area (Å²) in [6.07, 6.45) is 0.384. The molecule has 2 unspecified atom stereocenters. The molecule has 6 heteroatoms. The van der Waals surface area contributed by atoms with Gasteiger partial charge >= 0.3 is 5.97 Å². The number of nitrogens with zero attached hydrogens (tertiary/aromatic N) is 2. The van der Waals surface area contributed by atoms with Crippen molar-refractivity contribution in [3.05, 3.63) is 52.3 Å². The first-order valence-corrected chi connectivity index (χ1v) is 8.76. The predicted molar refractivity (Wildman–Crippen MR) is 100 cm³/mol. The lowest BCUT2D eigenvalue weighted by atomic mass is 9.96. The molecule has 0 spiro atoms. The Morgan fingerprint density at radius 2 is 1.81 bits per heavy atom. The molecule has 1 aromatic carbocycles. The van der Waals surface area contributed by atoms with E-state index in [2.05, 4.69) is 10.4 Å². The number of hydrogen-bond donors (Lipinski definition) is 2. The maximum atomic E-state index is 12.5. The van der Waals surface area contributed by atoms with Crippen molar-refractivity contribution in [2.24, 2.45) is 13.0 Å². The summed E-state index contributed by atoms with van der Waals surface area (Å²) in [5.41, 5.74) is 4.74. The topological polar surface area (TPSA) is 84.2 Å². The second-order valence-corrected chi connectivity index (χ2v) is 6.90. The lowest BCUT2D eigenvalue weighted by molar-refractivity contribution is -0.141. The van der Waals surface area contributed by atoms with Crippen LogP contribution < -0.4 is 5.32 Å². The van der Waals surface area contributed by atoms with Crippen molar-refractivity contribution < 1.29 is 14.7 Å². The van der Waals surface area contributed by atoms with E-state index in [4.69, 9.17) is 0 Å². The van der Waals surface area contributed by atoms with Crippen LogP contribution in [0, 0.1) is 26.7 Å². The smallest absolute Gasteiger partial charge is 0.308 e. The SMILES string of the molecule is Cc1ccc(CC(CNC(=O)C(C)c2c(C)nn(C)c2C)C(=O)O)cc1. The van der Waals surface area contributed by atoms with Crippen molar-refractivity contribution in [2.75, 3.05) is 6.54 Å². The van der Waals surface area contributed by atoms with Crippen molar-refractivity contribution in [1.29, 1.82) is 0 Å². The highest BCUT2D eigenvalue weighted by molar-refractivity contribution is 5.84. The number of carboxylic acids is 1. The number of nitrogens with one attached hydrogen (secondary N) is 1. The Morgan fingerprint density at radius 3 is 2.31 bits per heavy atom. The number of carbonyl (C=O) groups excluding carboxylic acids is 1. The fraction of sp³-hybridized carbons (Fsp3) is 0.450. The molecule has 0 aliphatic carbocycles. The Morgan fingerprint density at radius 1 is 1.19 bits per heavy atom. The molecule has 0 aliphatic heterocycles. The number of aryl methyl sites for hydroxylation is 3. The van der Waals surface area contributed by atoms with Gasteiger partial charge in [-0.05, 0) is 39.7 Å². The van der Waals surface area contributed by atoms with Gasteiger partial charge in [-0.15, -0.1) is 0 Å². The summed E-state index contributed by atoms with van der Waals surface area (Å²) >= 11 is 0. The molecule has 0 saturated heterocycles. The molecule has 0 fully saturated rings. The van der Waals surface area contributed by atoms with Crippen LogP contribution in [-0.2, 0) is 23.1 Å². The van der Waals surface area contributed by atoms with Gasteiger partial charge in [0, 0.05) is 24.8 Å². The average Bonchev–Trinajstić information content (AvgIpc) is 2.84. The number of benzene rings is 1. The minimum atomic E-state index is -0.910. The summed E-state index contributed by atoms with van der Waals surface area (Å²) in [6, 6.07) is 7.78. The van der Waals surface area contributed by atoms with Gasteiger partial charge in [0.2, 0.25) is 5.91 Å². The van der Waals surface area contributed by atoms with Crippen molar-refractivity contribution in [3.8, 4) is 0 Å². The fourth-order valence-corrected chi connectivity index (χ4v) is 3.18. The molecule has 0 bridgehead atoms. The normalized spacial score (nSPS) is 13.3. The molecule has 2 aromatic rings. The van der Waals surface area contributed by atoms with E-state index in [9.17, 15) is 14.7 Å². The summed E-state index contributed by atoms with van der Waals surface area (Å²) in [5.74, 6) is -2.13. The van der Waals surface area contributed by atoms with Gasteiger partial charge in [-0.3, -0.25) is 14.3 Å². The number of rotatable bonds is 7. The molecule has 6 nitrogen and oxygen atoms in total. The lowest BCUT2D eigenvalue weighted by Crippen LogP contribution is -2.36. The first kappa shape index (κ1) is 19.7. The zero-order chi connectivity index (χ0) is 19.4.